The van der Waals surface area contributed by atoms with Crippen LogP contribution in [0.25, 0.3) is 6.08 Å². The van der Waals surface area contributed by atoms with Crippen molar-refractivity contribution in [1.29, 1.82) is 0 Å². The number of carbonyl (C=O) groups is 1. The fraction of sp³-hybridized carbons (Fsp3) is 0.640. The van der Waals surface area contributed by atoms with Crippen molar-refractivity contribution < 1.29 is 69.0 Å². The van der Waals surface area contributed by atoms with Crippen molar-refractivity contribution in [1.82, 2.24) is 0 Å². The monoisotopic (exact) mass is 558 g/mol. The second-order valence-corrected chi connectivity index (χ2v) is 10.1. The average molecular weight is 559 g/mol. The van der Waals surface area contributed by atoms with Crippen LogP contribution in [0.4, 0.5) is 0 Å². The normalized spacial score (nSPS) is 37.5. The predicted octanol–water partition coefficient (Wildman–Crippen LogP) is -2.34. The van der Waals surface area contributed by atoms with E-state index in [0.717, 1.165) is 0 Å². The van der Waals surface area contributed by atoms with Gasteiger partial charge in [0.2, 0.25) is 6.29 Å². The lowest BCUT2D eigenvalue weighted by Crippen LogP contribution is -2.61. The van der Waals surface area contributed by atoms with E-state index in [9.17, 15) is 40.5 Å². The van der Waals surface area contributed by atoms with E-state index in [0.29, 0.717) is 11.3 Å². The largest absolute Gasteiger partial charge is 0.496 e. The Morgan fingerprint density at radius 1 is 0.897 bits per heavy atom. The van der Waals surface area contributed by atoms with Crippen LogP contribution in [0, 0.1) is 0 Å². The molecule has 10 atom stereocenters. The fourth-order valence-corrected chi connectivity index (χ4v) is 4.45. The van der Waals surface area contributed by atoms with Gasteiger partial charge in [-0.25, -0.2) is 4.79 Å². The Kier molecular flexibility index (Phi) is 8.82. The molecule has 4 rings (SSSR count). The molecule has 0 unspecified atom stereocenters. The summed E-state index contributed by atoms with van der Waals surface area (Å²) >= 11 is 0. The van der Waals surface area contributed by atoms with Crippen LogP contribution < -0.4 is 9.47 Å². The van der Waals surface area contributed by atoms with Gasteiger partial charge in [-0.3, -0.25) is 0 Å². The summed E-state index contributed by atoms with van der Waals surface area (Å²) in [4.78, 5) is 13.1. The molecule has 0 aromatic heterocycles. The first-order chi connectivity index (χ1) is 18.4. The number of rotatable bonds is 7. The second-order valence-electron chi connectivity index (χ2n) is 10.1. The summed E-state index contributed by atoms with van der Waals surface area (Å²) in [6.07, 6.45) is -12.7. The third-order valence-corrected chi connectivity index (χ3v) is 6.75. The number of methoxy groups -OCH3 is 1. The van der Waals surface area contributed by atoms with E-state index in [1.165, 1.54) is 19.2 Å². The van der Waals surface area contributed by atoms with Crippen LogP contribution in [0.1, 0.15) is 29.8 Å². The Balaban J connectivity index is 1.46. The van der Waals surface area contributed by atoms with Crippen molar-refractivity contribution in [3.05, 3.63) is 29.3 Å². The highest BCUT2D eigenvalue weighted by molar-refractivity contribution is 5.94. The zero-order valence-corrected chi connectivity index (χ0v) is 21.5. The number of hydrogen-bond donors (Lipinski definition) is 7. The smallest absolute Gasteiger partial charge is 0.344 e. The quantitative estimate of drug-likeness (QED) is 0.175. The topological polar surface area (TPSA) is 214 Å². The minimum Gasteiger partial charge on any atom is -0.496 e. The Morgan fingerprint density at radius 2 is 1.51 bits per heavy atom. The van der Waals surface area contributed by atoms with Crippen molar-refractivity contribution in [2.45, 2.75) is 80.9 Å². The lowest BCUT2D eigenvalue weighted by molar-refractivity contribution is -0.325. The molecule has 0 radical (unpaired) electrons. The van der Waals surface area contributed by atoms with Crippen LogP contribution in [-0.4, -0.2) is 129 Å². The van der Waals surface area contributed by atoms with Gasteiger partial charge in [0.15, 0.2) is 6.29 Å². The Bertz CT molecular complexity index is 1060. The maximum absolute atomic E-state index is 13.1. The van der Waals surface area contributed by atoms with Crippen LogP contribution in [0.15, 0.2) is 18.2 Å². The second kappa shape index (κ2) is 11.6. The Hall–Kier alpha value is -2.37. The lowest BCUT2D eigenvalue weighted by atomic mass is 9.98. The maximum atomic E-state index is 13.1. The molecule has 0 aliphatic carbocycles. The standard InChI is InChI=1S/C25H34O14/c1-25(2)5-4-10-6-11(13(34-3)7-12(10)39-25)22(33)38-24-21(32)19(30)17(28)15(37-24)9-35-23-20(31)18(29)16(27)14(8-26)36-23/h4-7,14-21,23-24,26-32H,8-9H2,1-3H3/t14-,15-,16-,17-,18+,19+,20-,21-,23-,24+/m1/s1. The predicted molar refractivity (Wildman–Crippen MR) is 129 cm³/mol. The van der Waals surface area contributed by atoms with Crippen molar-refractivity contribution in [2.75, 3.05) is 20.3 Å². The molecule has 3 aliphatic heterocycles. The van der Waals surface area contributed by atoms with E-state index < -0.39 is 86.2 Å². The van der Waals surface area contributed by atoms with E-state index in [-0.39, 0.29) is 11.3 Å². The van der Waals surface area contributed by atoms with Gasteiger partial charge in [0, 0.05) is 11.6 Å². The van der Waals surface area contributed by atoms with E-state index in [2.05, 4.69) is 0 Å². The summed E-state index contributed by atoms with van der Waals surface area (Å²) in [5, 5.41) is 70.4. The molecular formula is C25H34O14. The van der Waals surface area contributed by atoms with Crippen molar-refractivity contribution in [3.8, 4) is 11.5 Å². The molecule has 7 N–H and O–H groups in total. The third-order valence-electron chi connectivity index (χ3n) is 6.75. The molecule has 14 heteroatoms. The average Bonchev–Trinajstić information content (AvgIpc) is 2.90. The van der Waals surface area contributed by atoms with Crippen molar-refractivity contribution in [2.24, 2.45) is 0 Å². The van der Waals surface area contributed by atoms with Crippen LogP contribution in [0.2, 0.25) is 0 Å². The molecule has 2 saturated heterocycles. The minimum absolute atomic E-state index is 0.0188. The number of esters is 1. The molecule has 3 heterocycles. The first-order valence-electron chi connectivity index (χ1n) is 12.3. The SMILES string of the molecule is COc1cc2c(cc1C(=O)O[C@@H]1O[C@H](CO[C@@H]3O[C@H](CO)[C@@H](O)[C@H](O)[C@H]3O)[C@@H](O)[C@H](O)[C@H]1O)C=CC(C)(C)O2. The molecular weight excluding hydrogens is 524 g/mol. The molecule has 3 aliphatic rings. The number of benzene rings is 1. The molecule has 1 aromatic rings. The summed E-state index contributed by atoms with van der Waals surface area (Å²) in [6.45, 7) is 2.48. The zero-order chi connectivity index (χ0) is 28.6. The van der Waals surface area contributed by atoms with Crippen molar-refractivity contribution in [3.63, 3.8) is 0 Å². The minimum atomic E-state index is -1.83. The molecule has 0 amide bonds. The Labute approximate surface area is 223 Å². The molecule has 0 spiro atoms. The van der Waals surface area contributed by atoms with E-state index in [1.807, 2.05) is 19.9 Å². The number of carbonyl (C=O) groups excluding carboxylic acids is 1. The van der Waals surface area contributed by atoms with Crippen molar-refractivity contribution >= 4 is 12.0 Å². The van der Waals surface area contributed by atoms with Gasteiger partial charge in [-0.1, -0.05) is 6.08 Å². The van der Waals surface area contributed by atoms with Gasteiger partial charge >= 0.3 is 5.97 Å². The number of ether oxygens (including phenoxy) is 6. The summed E-state index contributed by atoms with van der Waals surface area (Å²) in [5.74, 6) is -0.360. The molecule has 1 aromatic carbocycles. The summed E-state index contributed by atoms with van der Waals surface area (Å²) in [5.41, 5.74) is -0.00722. The van der Waals surface area contributed by atoms with Crippen LogP contribution in [-0.2, 0) is 18.9 Å². The van der Waals surface area contributed by atoms with Gasteiger partial charge < -0.3 is 64.2 Å². The van der Waals surface area contributed by atoms with Crippen LogP contribution in [0.5, 0.6) is 11.5 Å². The highest BCUT2D eigenvalue weighted by atomic mass is 16.7. The van der Waals surface area contributed by atoms with Crippen LogP contribution in [0.3, 0.4) is 0 Å². The number of aliphatic hydroxyl groups excluding tert-OH is 7. The van der Waals surface area contributed by atoms with Gasteiger partial charge in [0.1, 0.15) is 71.5 Å². The van der Waals surface area contributed by atoms with E-state index in [1.54, 1.807) is 6.08 Å². The fourth-order valence-electron chi connectivity index (χ4n) is 4.45. The molecule has 0 bridgehead atoms. The number of hydrogen-bond acceptors (Lipinski definition) is 14. The first-order valence-corrected chi connectivity index (χ1v) is 12.3. The molecule has 218 valence electrons. The van der Waals surface area contributed by atoms with E-state index in [4.69, 9.17) is 28.4 Å². The molecule has 39 heavy (non-hydrogen) atoms. The summed E-state index contributed by atoms with van der Waals surface area (Å²) < 4.78 is 32.6. The van der Waals surface area contributed by atoms with Gasteiger partial charge in [-0.2, -0.15) is 0 Å². The molecule has 14 nitrogen and oxygen atoms in total. The highest BCUT2D eigenvalue weighted by Crippen LogP contribution is 2.37. The third kappa shape index (κ3) is 6.05. The van der Waals surface area contributed by atoms with Gasteiger partial charge in [0.25, 0.3) is 0 Å². The van der Waals surface area contributed by atoms with E-state index >= 15 is 0 Å². The summed E-state index contributed by atoms with van der Waals surface area (Å²) in [7, 11) is 1.35. The zero-order valence-electron chi connectivity index (χ0n) is 21.5. The molecule has 0 saturated carbocycles. The number of fused-ring (bicyclic) bond motifs is 1. The first kappa shape index (κ1) is 29.6. The summed E-state index contributed by atoms with van der Waals surface area (Å²) in [6, 6.07) is 2.99. The highest BCUT2D eigenvalue weighted by Gasteiger charge is 2.48. The maximum Gasteiger partial charge on any atom is 0.344 e. The van der Waals surface area contributed by atoms with Gasteiger partial charge in [0.05, 0.1) is 20.3 Å². The van der Waals surface area contributed by atoms with Gasteiger partial charge in [-0.05, 0) is 26.0 Å². The Morgan fingerprint density at radius 3 is 2.15 bits per heavy atom. The van der Waals surface area contributed by atoms with Crippen LogP contribution >= 0.6 is 0 Å². The van der Waals surface area contributed by atoms with Gasteiger partial charge in [-0.15, -0.1) is 0 Å². The molecule has 2 fully saturated rings. The number of aliphatic hydroxyl groups is 7. The lowest BCUT2D eigenvalue weighted by Gasteiger charge is -2.42.